The van der Waals surface area contributed by atoms with E-state index in [2.05, 4.69) is 18.7 Å². The summed E-state index contributed by atoms with van der Waals surface area (Å²) in [6, 6.07) is 3.78. The summed E-state index contributed by atoms with van der Waals surface area (Å²) in [5.74, 6) is -0.733. The normalized spacial score (nSPS) is 24.2. The summed E-state index contributed by atoms with van der Waals surface area (Å²) >= 11 is 0. The van der Waals surface area contributed by atoms with Gasteiger partial charge in [-0.1, -0.05) is 13.8 Å². The molecule has 100 valence electrons. The Labute approximate surface area is 107 Å². The fraction of sp³-hybridized carbons (Fsp3) is 0.571. The van der Waals surface area contributed by atoms with E-state index in [0.717, 1.165) is 25.6 Å². The largest absolute Gasteiger partial charge is 0.327 e. The molecule has 1 fully saturated rings. The minimum atomic E-state index is -0.389. The summed E-state index contributed by atoms with van der Waals surface area (Å²) in [7, 11) is 0. The third-order valence-corrected chi connectivity index (χ3v) is 3.79. The molecule has 4 heteroatoms. The molecule has 1 atom stereocenters. The Balaban J connectivity index is 2.08. The van der Waals surface area contributed by atoms with Gasteiger partial charge in [-0.05, 0) is 30.0 Å². The quantitative estimate of drug-likeness (QED) is 0.878. The van der Waals surface area contributed by atoms with Crippen LogP contribution < -0.4 is 5.73 Å². The molecule has 0 saturated carbocycles. The first kappa shape index (κ1) is 13.4. The van der Waals surface area contributed by atoms with Crippen LogP contribution >= 0.6 is 0 Å². The standard InChI is InChI=1S/C14H20F2N2/c1-14(2)9-18(6-5-13(14)17)8-10-7-11(15)3-4-12(10)16/h3-4,7,13H,5-6,8-9,17H2,1-2H3. The molecule has 2 N–H and O–H groups in total. The minimum Gasteiger partial charge on any atom is -0.327 e. The Kier molecular flexibility index (Phi) is 3.69. The highest BCUT2D eigenvalue weighted by Crippen LogP contribution is 2.28. The van der Waals surface area contributed by atoms with Crippen molar-refractivity contribution in [1.29, 1.82) is 0 Å². The van der Waals surface area contributed by atoms with Crippen LogP contribution in [0.2, 0.25) is 0 Å². The molecule has 1 heterocycles. The van der Waals surface area contributed by atoms with Gasteiger partial charge in [0.1, 0.15) is 11.6 Å². The number of nitrogens with zero attached hydrogens (tertiary/aromatic N) is 1. The highest BCUT2D eigenvalue weighted by molar-refractivity contribution is 5.18. The van der Waals surface area contributed by atoms with Gasteiger partial charge in [-0.2, -0.15) is 0 Å². The molecule has 2 nitrogen and oxygen atoms in total. The second-order valence-electron chi connectivity index (χ2n) is 5.83. The van der Waals surface area contributed by atoms with E-state index in [-0.39, 0.29) is 23.1 Å². The molecule has 2 rings (SSSR count). The highest BCUT2D eigenvalue weighted by Gasteiger charge is 2.33. The first-order valence-corrected chi connectivity index (χ1v) is 6.30. The van der Waals surface area contributed by atoms with Crippen LogP contribution in [0.5, 0.6) is 0 Å². The van der Waals surface area contributed by atoms with Crippen LogP contribution in [0.3, 0.4) is 0 Å². The average Bonchev–Trinajstić information content (AvgIpc) is 2.28. The van der Waals surface area contributed by atoms with Crippen molar-refractivity contribution < 1.29 is 8.78 Å². The summed E-state index contributed by atoms with van der Waals surface area (Å²) in [4.78, 5) is 2.14. The van der Waals surface area contributed by atoms with Crippen molar-refractivity contribution in [2.24, 2.45) is 11.1 Å². The molecule has 0 aliphatic carbocycles. The van der Waals surface area contributed by atoms with E-state index >= 15 is 0 Å². The van der Waals surface area contributed by atoms with Gasteiger partial charge in [0.05, 0.1) is 0 Å². The van der Waals surface area contributed by atoms with Crippen molar-refractivity contribution in [2.75, 3.05) is 13.1 Å². The Morgan fingerprint density at radius 2 is 2.11 bits per heavy atom. The van der Waals surface area contributed by atoms with Crippen LogP contribution in [-0.4, -0.2) is 24.0 Å². The summed E-state index contributed by atoms with van der Waals surface area (Å²) in [6.07, 6.45) is 0.893. The van der Waals surface area contributed by atoms with Gasteiger partial charge in [0.2, 0.25) is 0 Å². The molecular formula is C14H20F2N2. The Hall–Kier alpha value is -1.00. The smallest absolute Gasteiger partial charge is 0.127 e. The fourth-order valence-electron chi connectivity index (χ4n) is 2.53. The van der Waals surface area contributed by atoms with Gasteiger partial charge in [-0.15, -0.1) is 0 Å². The van der Waals surface area contributed by atoms with Crippen LogP contribution in [0.1, 0.15) is 25.8 Å². The van der Waals surface area contributed by atoms with E-state index in [1.54, 1.807) is 0 Å². The molecule has 0 amide bonds. The number of piperidine rings is 1. The zero-order valence-corrected chi connectivity index (χ0v) is 10.9. The van der Waals surface area contributed by atoms with Crippen LogP contribution in [0.15, 0.2) is 18.2 Å². The molecule has 1 aromatic rings. The van der Waals surface area contributed by atoms with Crippen molar-refractivity contribution in [3.05, 3.63) is 35.4 Å². The highest BCUT2D eigenvalue weighted by atomic mass is 19.1. The van der Waals surface area contributed by atoms with E-state index < -0.39 is 0 Å². The average molecular weight is 254 g/mol. The van der Waals surface area contributed by atoms with Crippen LogP contribution in [-0.2, 0) is 6.54 Å². The van der Waals surface area contributed by atoms with E-state index in [4.69, 9.17) is 5.73 Å². The second-order valence-corrected chi connectivity index (χ2v) is 5.83. The van der Waals surface area contributed by atoms with E-state index in [0.29, 0.717) is 12.1 Å². The Morgan fingerprint density at radius 1 is 1.39 bits per heavy atom. The van der Waals surface area contributed by atoms with Crippen molar-refractivity contribution in [3.63, 3.8) is 0 Å². The van der Waals surface area contributed by atoms with Gasteiger partial charge in [0.15, 0.2) is 0 Å². The number of hydrogen-bond acceptors (Lipinski definition) is 2. The second kappa shape index (κ2) is 4.94. The van der Waals surface area contributed by atoms with Crippen LogP contribution in [0.25, 0.3) is 0 Å². The number of nitrogens with two attached hydrogens (primary N) is 1. The molecule has 1 saturated heterocycles. The zero-order chi connectivity index (χ0) is 13.3. The maximum absolute atomic E-state index is 13.6. The summed E-state index contributed by atoms with van der Waals surface area (Å²) < 4.78 is 26.7. The minimum absolute atomic E-state index is 0.0159. The number of likely N-dealkylation sites (tertiary alicyclic amines) is 1. The van der Waals surface area contributed by atoms with E-state index in [9.17, 15) is 8.78 Å². The van der Waals surface area contributed by atoms with Gasteiger partial charge in [-0.3, -0.25) is 4.90 Å². The first-order chi connectivity index (χ1) is 8.38. The monoisotopic (exact) mass is 254 g/mol. The topological polar surface area (TPSA) is 29.3 Å². The van der Waals surface area contributed by atoms with Gasteiger partial charge in [-0.25, -0.2) is 8.78 Å². The predicted molar refractivity (Wildman–Crippen MR) is 68.0 cm³/mol. The molecule has 1 aromatic carbocycles. The van der Waals surface area contributed by atoms with Gasteiger partial charge >= 0.3 is 0 Å². The molecule has 18 heavy (non-hydrogen) atoms. The molecular weight excluding hydrogens is 234 g/mol. The predicted octanol–water partition coefficient (Wildman–Crippen LogP) is 2.52. The molecule has 0 aromatic heterocycles. The zero-order valence-electron chi connectivity index (χ0n) is 10.9. The van der Waals surface area contributed by atoms with E-state index in [1.807, 2.05) is 0 Å². The van der Waals surface area contributed by atoms with E-state index in [1.165, 1.54) is 12.1 Å². The number of benzene rings is 1. The number of halogens is 2. The maximum atomic E-state index is 13.6. The lowest BCUT2D eigenvalue weighted by Crippen LogP contribution is -2.52. The van der Waals surface area contributed by atoms with Crippen LogP contribution in [0.4, 0.5) is 8.78 Å². The lowest BCUT2D eigenvalue weighted by Gasteiger charge is -2.42. The summed E-state index contributed by atoms with van der Waals surface area (Å²) in [5, 5.41) is 0. The van der Waals surface area contributed by atoms with Gasteiger partial charge < -0.3 is 5.73 Å². The lowest BCUT2D eigenvalue weighted by molar-refractivity contribution is 0.0889. The van der Waals surface area contributed by atoms with Crippen molar-refractivity contribution >= 4 is 0 Å². The molecule has 1 aliphatic rings. The molecule has 0 bridgehead atoms. The maximum Gasteiger partial charge on any atom is 0.127 e. The Morgan fingerprint density at radius 3 is 2.78 bits per heavy atom. The molecule has 0 radical (unpaired) electrons. The third-order valence-electron chi connectivity index (χ3n) is 3.79. The van der Waals surface area contributed by atoms with Crippen molar-refractivity contribution in [2.45, 2.75) is 32.9 Å². The van der Waals surface area contributed by atoms with Crippen LogP contribution in [0, 0.1) is 17.0 Å². The lowest BCUT2D eigenvalue weighted by atomic mass is 9.79. The Bertz CT molecular complexity index is 432. The third kappa shape index (κ3) is 2.87. The molecule has 1 unspecified atom stereocenters. The number of rotatable bonds is 2. The van der Waals surface area contributed by atoms with Gasteiger partial charge in [0.25, 0.3) is 0 Å². The SMILES string of the molecule is CC1(C)CN(Cc2cc(F)ccc2F)CCC1N. The van der Waals surface area contributed by atoms with Crippen molar-refractivity contribution in [1.82, 2.24) is 4.90 Å². The van der Waals surface area contributed by atoms with Crippen molar-refractivity contribution in [3.8, 4) is 0 Å². The first-order valence-electron chi connectivity index (χ1n) is 6.30. The summed E-state index contributed by atoms with van der Waals surface area (Å²) in [5.41, 5.74) is 6.50. The number of hydrogen-bond donors (Lipinski definition) is 1. The van der Waals surface area contributed by atoms with Gasteiger partial charge in [0, 0.05) is 31.2 Å². The molecule has 0 spiro atoms. The summed E-state index contributed by atoms with van der Waals surface area (Å²) in [6.45, 7) is 6.32. The fourth-order valence-corrected chi connectivity index (χ4v) is 2.53. The molecule has 1 aliphatic heterocycles.